The molecule has 0 saturated carbocycles. The molecule has 0 aliphatic rings. The van der Waals surface area contributed by atoms with E-state index in [-0.39, 0.29) is 0 Å². The van der Waals surface area contributed by atoms with Gasteiger partial charge >= 0.3 is 0 Å². The first-order chi connectivity index (χ1) is 8.69. The number of H-pyrrole nitrogens is 1. The summed E-state index contributed by atoms with van der Waals surface area (Å²) in [6, 6.07) is 11.6. The Hall–Kier alpha value is -2.13. The van der Waals surface area contributed by atoms with E-state index in [0.717, 1.165) is 22.0 Å². The molecule has 1 aromatic carbocycles. The number of pyridine rings is 1. The monoisotopic (exact) mass is 238 g/mol. The number of benzene rings is 1. The molecule has 0 saturated heterocycles. The Morgan fingerprint density at radius 2 is 2.06 bits per heavy atom. The smallest absolute Gasteiger partial charge is 0.114 e. The molecular weight excluding hydrogens is 224 g/mol. The summed E-state index contributed by atoms with van der Waals surface area (Å²) in [5, 5.41) is 11.9. The average molecular weight is 238 g/mol. The van der Waals surface area contributed by atoms with Crippen LogP contribution in [-0.4, -0.2) is 15.1 Å². The van der Waals surface area contributed by atoms with E-state index in [2.05, 4.69) is 9.97 Å². The van der Waals surface area contributed by atoms with Gasteiger partial charge < -0.3 is 10.1 Å². The summed E-state index contributed by atoms with van der Waals surface area (Å²) in [6.07, 6.45) is 5.29. The van der Waals surface area contributed by atoms with Gasteiger partial charge in [-0.3, -0.25) is 4.98 Å². The number of nitrogens with one attached hydrogen (secondary N) is 1. The highest BCUT2D eigenvalue weighted by atomic mass is 16.3. The standard InChI is InChI=1S/C15H14N2O/c1-15(18,11-4-3-8-16-10-11)13-5-2-6-14-12(13)7-9-17-14/h2-10,17-18H,1H3. The predicted molar refractivity (Wildman–Crippen MR) is 71.2 cm³/mol. The van der Waals surface area contributed by atoms with Crippen molar-refractivity contribution < 1.29 is 5.11 Å². The van der Waals surface area contributed by atoms with E-state index in [9.17, 15) is 5.11 Å². The minimum absolute atomic E-state index is 0.790. The highest BCUT2D eigenvalue weighted by Crippen LogP contribution is 2.33. The van der Waals surface area contributed by atoms with Gasteiger partial charge in [0.1, 0.15) is 5.60 Å². The van der Waals surface area contributed by atoms with Crippen LogP contribution in [0.2, 0.25) is 0 Å². The van der Waals surface area contributed by atoms with Gasteiger partial charge in [-0.2, -0.15) is 0 Å². The number of nitrogens with zero attached hydrogens (tertiary/aromatic N) is 1. The van der Waals surface area contributed by atoms with E-state index in [1.165, 1.54) is 0 Å². The highest BCUT2D eigenvalue weighted by Gasteiger charge is 2.27. The van der Waals surface area contributed by atoms with Crippen molar-refractivity contribution in [2.75, 3.05) is 0 Å². The SMILES string of the molecule is CC(O)(c1cccnc1)c1cccc2[nH]ccc12. The topological polar surface area (TPSA) is 48.9 Å². The molecule has 3 nitrogen and oxygen atoms in total. The minimum atomic E-state index is -1.05. The first-order valence-electron chi connectivity index (χ1n) is 5.89. The van der Waals surface area contributed by atoms with Crippen LogP contribution in [0.5, 0.6) is 0 Å². The molecule has 18 heavy (non-hydrogen) atoms. The Labute approximate surface area is 105 Å². The molecule has 3 heteroatoms. The van der Waals surface area contributed by atoms with Crippen LogP contribution in [-0.2, 0) is 5.60 Å². The Bertz CT molecular complexity index is 671. The third-order valence-corrected chi connectivity index (χ3v) is 3.34. The maximum Gasteiger partial charge on any atom is 0.114 e. The molecular formula is C15H14N2O. The maximum absolute atomic E-state index is 10.8. The van der Waals surface area contributed by atoms with Gasteiger partial charge in [-0.1, -0.05) is 18.2 Å². The zero-order valence-corrected chi connectivity index (χ0v) is 10.1. The molecule has 3 aromatic rings. The maximum atomic E-state index is 10.8. The van der Waals surface area contributed by atoms with E-state index in [0.29, 0.717) is 0 Å². The van der Waals surface area contributed by atoms with Gasteiger partial charge in [0.25, 0.3) is 0 Å². The summed E-state index contributed by atoms with van der Waals surface area (Å²) in [4.78, 5) is 7.23. The molecule has 0 aliphatic heterocycles. The van der Waals surface area contributed by atoms with Gasteiger partial charge in [0.2, 0.25) is 0 Å². The average Bonchev–Trinajstić information content (AvgIpc) is 2.87. The normalized spacial score (nSPS) is 14.6. The molecule has 1 unspecified atom stereocenters. The van der Waals surface area contributed by atoms with Crippen molar-refractivity contribution in [3.63, 3.8) is 0 Å². The van der Waals surface area contributed by atoms with Crippen molar-refractivity contribution in [2.24, 2.45) is 0 Å². The molecule has 1 atom stereocenters. The van der Waals surface area contributed by atoms with Gasteiger partial charge in [-0.15, -0.1) is 0 Å². The van der Waals surface area contributed by atoms with Gasteiger partial charge in [-0.25, -0.2) is 0 Å². The lowest BCUT2D eigenvalue weighted by atomic mass is 9.87. The van der Waals surface area contributed by atoms with Crippen molar-refractivity contribution in [1.82, 2.24) is 9.97 Å². The van der Waals surface area contributed by atoms with Crippen LogP contribution in [0, 0.1) is 0 Å². The molecule has 0 amide bonds. The summed E-state index contributed by atoms with van der Waals surface area (Å²) in [5.74, 6) is 0. The molecule has 2 aromatic heterocycles. The number of aliphatic hydroxyl groups is 1. The zero-order chi connectivity index (χ0) is 12.6. The lowest BCUT2D eigenvalue weighted by Gasteiger charge is -2.24. The Morgan fingerprint density at radius 3 is 2.83 bits per heavy atom. The van der Waals surface area contributed by atoms with E-state index in [1.54, 1.807) is 19.3 Å². The van der Waals surface area contributed by atoms with Crippen LogP contribution in [0.4, 0.5) is 0 Å². The molecule has 90 valence electrons. The van der Waals surface area contributed by atoms with E-state index in [4.69, 9.17) is 0 Å². The van der Waals surface area contributed by atoms with Crippen LogP contribution in [0.3, 0.4) is 0 Å². The van der Waals surface area contributed by atoms with Crippen molar-refractivity contribution in [2.45, 2.75) is 12.5 Å². The van der Waals surface area contributed by atoms with Crippen LogP contribution in [0.15, 0.2) is 55.0 Å². The van der Waals surface area contributed by atoms with Crippen molar-refractivity contribution in [3.8, 4) is 0 Å². The van der Waals surface area contributed by atoms with Gasteiger partial charge in [0.05, 0.1) is 0 Å². The lowest BCUT2D eigenvalue weighted by molar-refractivity contribution is 0.103. The number of aromatic amines is 1. The summed E-state index contributed by atoms with van der Waals surface area (Å²) < 4.78 is 0. The largest absolute Gasteiger partial charge is 0.381 e. The Morgan fingerprint density at radius 1 is 1.17 bits per heavy atom. The fraction of sp³-hybridized carbons (Fsp3) is 0.133. The number of hydrogen-bond donors (Lipinski definition) is 2. The van der Waals surface area contributed by atoms with Crippen LogP contribution >= 0.6 is 0 Å². The molecule has 2 N–H and O–H groups in total. The molecule has 0 fully saturated rings. The van der Waals surface area contributed by atoms with Crippen molar-refractivity contribution >= 4 is 10.9 Å². The van der Waals surface area contributed by atoms with Crippen molar-refractivity contribution in [1.29, 1.82) is 0 Å². The van der Waals surface area contributed by atoms with Gasteiger partial charge in [-0.05, 0) is 30.7 Å². The molecule has 0 radical (unpaired) electrons. The highest BCUT2D eigenvalue weighted by molar-refractivity contribution is 5.84. The lowest BCUT2D eigenvalue weighted by Crippen LogP contribution is -2.23. The first-order valence-corrected chi connectivity index (χ1v) is 5.89. The zero-order valence-electron chi connectivity index (χ0n) is 10.1. The van der Waals surface area contributed by atoms with Crippen LogP contribution in [0.1, 0.15) is 18.1 Å². The Kier molecular flexibility index (Phi) is 2.42. The first kappa shape index (κ1) is 11.0. The summed E-state index contributed by atoms with van der Waals surface area (Å²) in [7, 11) is 0. The van der Waals surface area contributed by atoms with Crippen LogP contribution in [0.25, 0.3) is 10.9 Å². The van der Waals surface area contributed by atoms with Crippen molar-refractivity contribution in [3.05, 3.63) is 66.1 Å². The third kappa shape index (κ3) is 1.60. The fourth-order valence-electron chi connectivity index (χ4n) is 2.32. The Balaban J connectivity index is 2.22. The summed E-state index contributed by atoms with van der Waals surface area (Å²) in [5.41, 5.74) is 1.65. The number of rotatable bonds is 2. The quantitative estimate of drug-likeness (QED) is 0.721. The second-order valence-corrected chi connectivity index (χ2v) is 4.56. The van der Waals surface area contributed by atoms with Gasteiger partial charge in [0.15, 0.2) is 0 Å². The third-order valence-electron chi connectivity index (χ3n) is 3.34. The van der Waals surface area contributed by atoms with E-state index in [1.807, 2.05) is 42.6 Å². The fourth-order valence-corrected chi connectivity index (χ4v) is 2.32. The summed E-state index contributed by atoms with van der Waals surface area (Å²) >= 11 is 0. The summed E-state index contributed by atoms with van der Waals surface area (Å²) in [6.45, 7) is 1.80. The number of aromatic nitrogens is 2. The van der Waals surface area contributed by atoms with Gasteiger partial charge in [0, 0.05) is 35.1 Å². The van der Waals surface area contributed by atoms with E-state index < -0.39 is 5.60 Å². The second kappa shape index (κ2) is 3.96. The number of hydrogen-bond acceptors (Lipinski definition) is 2. The molecule has 0 spiro atoms. The predicted octanol–water partition coefficient (Wildman–Crippen LogP) is 2.82. The minimum Gasteiger partial charge on any atom is -0.381 e. The molecule has 0 aliphatic carbocycles. The molecule has 3 rings (SSSR count). The molecule has 2 heterocycles. The molecule has 0 bridgehead atoms. The second-order valence-electron chi connectivity index (χ2n) is 4.56. The van der Waals surface area contributed by atoms with Crippen LogP contribution < -0.4 is 0 Å². The van der Waals surface area contributed by atoms with E-state index >= 15 is 0 Å². The number of fused-ring (bicyclic) bond motifs is 1.